The highest BCUT2D eigenvalue weighted by Gasteiger charge is 2.09. The van der Waals surface area contributed by atoms with Crippen molar-refractivity contribution in [2.45, 2.75) is 26.2 Å². The highest BCUT2D eigenvalue weighted by atomic mass is 35.7. The SMILES string of the molecule is CC(C)c1ccc(CCS(=O)(=O)Cl)cc1F. The van der Waals surface area contributed by atoms with Crippen LogP contribution in [0.5, 0.6) is 0 Å². The van der Waals surface area contributed by atoms with E-state index in [0.29, 0.717) is 11.1 Å². The van der Waals surface area contributed by atoms with Gasteiger partial charge in [0, 0.05) is 10.7 Å². The van der Waals surface area contributed by atoms with Gasteiger partial charge in [-0.2, -0.15) is 0 Å². The molecule has 1 rings (SSSR count). The summed E-state index contributed by atoms with van der Waals surface area (Å²) in [5.41, 5.74) is 1.28. The molecule has 16 heavy (non-hydrogen) atoms. The van der Waals surface area contributed by atoms with Crippen molar-refractivity contribution in [3.05, 3.63) is 35.1 Å². The van der Waals surface area contributed by atoms with Crippen molar-refractivity contribution < 1.29 is 12.8 Å². The van der Waals surface area contributed by atoms with Gasteiger partial charge in [-0.1, -0.05) is 26.0 Å². The predicted octanol–water partition coefficient (Wildman–Crippen LogP) is 3.06. The van der Waals surface area contributed by atoms with Crippen molar-refractivity contribution in [2.75, 3.05) is 5.75 Å². The zero-order valence-corrected chi connectivity index (χ0v) is 10.8. The van der Waals surface area contributed by atoms with Crippen LogP contribution in [0.15, 0.2) is 18.2 Å². The molecule has 0 spiro atoms. The lowest BCUT2D eigenvalue weighted by Gasteiger charge is -2.08. The molecule has 0 unspecified atom stereocenters. The fourth-order valence-corrected chi connectivity index (χ4v) is 2.15. The van der Waals surface area contributed by atoms with Crippen molar-refractivity contribution in [1.82, 2.24) is 0 Å². The smallest absolute Gasteiger partial charge is 0.212 e. The Labute approximate surface area is 99.9 Å². The van der Waals surface area contributed by atoms with E-state index in [4.69, 9.17) is 10.7 Å². The van der Waals surface area contributed by atoms with Crippen LogP contribution in [0.3, 0.4) is 0 Å². The van der Waals surface area contributed by atoms with E-state index in [1.807, 2.05) is 13.8 Å². The maximum Gasteiger partial charge on any atom is 0.232 e. The van der Waals surface area contributed by atoms with E-state index in [2.05, 4.69) is 0 Å². The van der Waals surface area contributed by atoms with E-state index < -0.39 is 9.05 Å². The second-order valence-electron chi connectivity index (χ2n) is 4.00. The Balaban J connectivity index is 2.82. The molecule has 0 N–H and O–H groups in total. The minimum atomic E-state index is -3.51. The van der Waals surface area contributed by atoms with Gasteiger partial charge in [-0.3, -0.25) is 0 Å². The van der Waals surface area contributed by atoms with Crippen LogP contribution < -0.4 is 0 Å². The van der Waals surface area contributed by atoms with Crippen LogP contribution in [0, 0.1) is 5.82 Å². The van der Waals surface area contributed by atoms with Crippen molar-refractivity contribution in [1.29, 1.82) is 0 Å². The third-order valence-corrected chi connectivity index (χ3v) is 3.48. The molecule has 0 bridgehead atoms. The first-order valence-electron chi connectivity index (χ1n) is 5.00. The molecular formula is C11H14ClFO2S. The van der Waals surface area contributed by atoms with Crippen molar-refractivity contribution in [3.63, 3.8) is 0 Å². The third kappa shape index (κ3) is 4.10. The molecule has 0 aliphatic carbocycles. The molecule has 0 radical (unpaired) electrons. The lowest BCUT2D eigenvalue weighted by molar-refractivity contribution is 0.595. The lowest BCUT2D eigenvalue weighted by atomic mass is 10.0. The molecule has 0 aliphatic rings. The molecule has 0 saturated carbocycles. The van der Waals surface area contributed by atoms with Gasteiger partial charge in [-0.25, -0.2) is 12.8 Å². The number of aryl methyl sites for hydroxylation is 1. The van der Waals surface area contributed by atoms with Crippen LogP contribution >= 0.6 is 10.7 Å². The molecule has 0 aromatic heterocycles. The zero-order valence-electron chi connectivity index (χ0n) is 9.20. The molecule has 1 aromatic rings. The maximum atomic E-state index is 13.5. The minimum absolute atomic E-state index is 0.116. The monoisotopic (exact) mass is 264 g/mol. The Kier molecular flexibility index (Phi) is 4.33. The largest absolute Gasteiger partial charge is 0.232 e. The van der Waals surface area contributed by atoms with Gasteiger partial charge in [0.1, 0.15) is 5.82 Å². The Morgan fingerprint density at radius 2 is 2.00 bits per heavy atom. The predicted molar refractivity (Wildman–Crippen MR) is 63.8 cm³/mol. The van der Waals surface area contributed by atoms with Crippen LogP contribution in [0.4, 0.5) is 4.39 Å². The van der Waals surface area contributed by atoms with Gasteiger partial charge < -0.3 is 0 Å². The van der Waals surface area contributed by atoms with E-state index in [1.165, 1.54) is 6.07 Å². The summed E-state index contributed by atoms with van der Waals surface area (Å²) in [7, 11) is 1.57. The summed E-state index contributed by atoms with van der Waals surface area (Å²) < 4.78 is 35.0. The molecule has 2 nitrogen and oxygen atoms in total. The van der Waals surface area contributed by atoms with E-state index in [9.17, 15) is 12.8 Å². The summed E-state index contributed by atoms with van der Waals surface area (Å²) in [6.45, 7) is 3.81. The van der Waals surface area contributed by atoms with Crippen molar-refractivity contribution in [3.8, 4) is 0 Å². The lowest BCUT2D eigenvalue weighted by Crippen LogP contribution is -2.02. The highest BCUT2D eigenvalue weighted by Crippen LogP contribution is 2.19. The second-order valence-corrected chi connectivity index (χ2v) is 6.90. The zero-order chi connectivity index (χ0) is 12.3. The van der Waals surface area contributed by atoms with Gasteiger partial charge in [0.25, 0.3) is 0 Å². The van der Waals surface area contributed by atoms with Crippen LogP contribution in [-0.2, 0) is 15.5 Å². The quantitative estimate of drug-likeness (QED) is 0.784. The Morgan fingerprint density at radius 3 is 2.44 bits per heavy atom. The number of hydrogen-bond acceptors (Lipinski definition) is 2. The minimum Gasteiger partial charge on any atom is -0.212 e. The normalized spacial score (nSPS) is 12.1. The summed E-state index contributed by atoms with van der Waals surface area (Å²) in [6, 6.07) is 4.80. The number of halogens is 2. The van der Waals surface area contributed by atoms with E-state index in [1.54, 1.807) is 12.1 Å². The van der Waals surface area contributed by atoms with Gasteiger partial charge >= 0.3 is 0 Å². The third-order valence-electron chi connectivity index (χ3n) is 2.32. The number of benzene rings is 1. The van der Waals surface area contributed by atoms with E-state index >= 15 is 0 Å². The molecule has 0 saturated heterocycles. The molecule has 0 aliphatic heterocycles. The molecule has 0 heterocycles. The summed E-state index contributed by atoms with van der Waals surface area (Å²) in [5, 5.41) is 0. The number of hydrogen-bond donors (Lipinski definition) is 0. The second kappa shape index (κ2) is 5.15. The van der Waals surface area contributed by atoms with E-state index in [-0.39, 0.29) is 23.9 Å². The molecule has 0 amide bonds. The fourth-order valence-electron chi connectivity index (χ4n) is 1.43. The van der Waals surface area contributed by atoms with Gasteiger partial charge in [0.15, 0.2) is 0 Å². The first kappa shape index (κ1) is 13.5. The first-order valence-corrected chi connectivity index (χ1v) is 7.48. The van der Waals surface area contributed by atoms with Gasteiger partial charge in [-0.05, 0) is 29.5 Å². The molecular weight excluding hydrogens is 251 g/mol. The molecule has 90 valence electrons. The highest BCUT2D eigenvalue weighted by molar-refractivity contribution is 8.13. The van der Waals surface area contributed by atoms with Crippen LogP contribution in [0.25, 0.3) is 0 Å². The Hall–Kier alpha value is -0.610. The Bertz CT molecular complexity index is 469. The molecule has 0 atom stereocenters. The van der Waals surface area contributed by atoms with Crippen molar-refractivity contribution >= 4 is 19.7 Å². The van der Waals surface area contributed by atoms with Crippen molar-refractivity contribution in [2.24, 2.45) is 0 Å². The summed E-state index contributed by atoms with van der Waals surface area (Å²) in [4.78, 5) is 0. The molecule has 0 fully saturated rings. The van der Waals surface area contributed by atoms with E-state index in [0.717, 1.165) is 0 Å². The number of rotatable bonds is 4. The topological polar surface area (TPSA) is 34.1 Å². The fraction of sp³-hybridized carbons (Fsp3) is 0.455. The van der Waals surface area contributed by atoms with Crippen LogP contribution in [0.1, 0.15) is 30.9 Å². The first-order chi connectivity index (χ1) is 7.29. The average Bonchev–Trinajstić information content (AvgIpc) is 2.13. The van der Waals surface area contributed by atoms with Crippen LogP contribution in [0.2, 0.25) is 0 Å². The summed E-state index contributed by atoms with van der Waals surface area (Å²) in [6.07, 6.45) is 0.237. The molecule has 1 aromatic carbocycles. The average molecular weight is 265 g/mol. The summed E-state index contributed by atoms with van der Waals surface area (Å²) in [5.74, 6) is -0.347. The van der Waals surface area contributed by atoms with Gasteiger partial charge in [-0.15, -0.1) is 0 Å². The standard InChI is InChI=1S/C11H14ClFO2S/c1-8(2)10-4-3-9(7-11(10)13)5-6-16(12,14)15/h3-4,7-8H,5-6H2,1-2H3. The van der Waals surface area contributed by atoms with Gasteiger partial charge in [0.05, 0.1) is 5.75 Å². The van der Waals surface area contributed by atoms with Crippen LogP contribution in [-0.4, -0.2) is 14.2 Å². The van der Waals surface area contributed by atoms with Gasteiger partial charge in [0.2, 0.25) is 9.05 Å². The molecule has 5 heteroatoms. The Morgan fingerprint density at radius 1 is 1.38 bits per heavy atom. The maximum absolute atomic E-state index is 13.5. The summed E-state index contributed by atoms with van der Waals surface area (Å²) >= 11 is 0.